The smallest absolute Gasteiger partial charge is 0.339 e. The van der Waals surface area contributed by atoms with Gasteiger partial charge in [0.05, 0.1) is 7.11 Å². The van der Waals surface area contributed by atoms with E-state index in [2.05, 4.69) is 4.74 Å². The van der Waals surface area contributed by atoms with Gasteiger partial charge in [-0.3, -0.25) is 0 Å². The molecule has 1 aromatic carbocycles. The fraction of sp³-hybridized carbons (Fsp3) is 0.333. The van der Waals surface area contributed by atoms with Gasteiger partial charge < -0.3 is 20.9 Å². The first-order valence-electron chi connectivity index (χ1n) is 5.33. The number of carbonyl (C=O) groups excluding carboxylic acids is 2. The van der Waals surface area contributed by atoms with E-state index in [4.69, 9.17) is 16.2 Å². The number of hydrogen-bond donors (Lipinski definition) is 2. The van der Waals surface area contributed by atoms with Crippen molar-refractivity contribution in [1.82, 2.24) is 0 Å². The number of carbonyl (C=O) groups is 2. The van der Waals surface area contributed by atoms with Crippen LogP contribution in [-0.2, 0) is 25.7 Å². The number of nitrogens with two attached hydrogens (primary N) is 2. The van der Waals surface area contributed by atoms with Crippen LogP contribution in [0.1, 0.15) is 5.56 Å². The molecule has 4 N–H and O–H groups in total. The van der Waals surface area contributed by atoms with Crippen molar-refractivity contribution in [3.05, 3.63) is 35.9 Å². The molecule has 0 aliphatic rings. The van der Waals surface area contributed by atoms with Crippen molar-refractivity contribution in [1.29, 1.82) is 0 Å². The van der Waals surface area contributed by atoms with Crippen molar-refractivity contribution < 1.29 is 19.1 Å². The molecule has 106 valence electrons. The zero-order valence-electron chi connectivity index (χ0n) is 10.5. The van der Waals surface area contributed by atoms with E-state index in [0.717, 1.165) is 12.7 Å². The molecule has 19 heavy (non-hydrogen) atoms. The molecule has 0 aliphatic heterocycles. The first-order chi connectivity index (χ1) is 8.54. The predicted octanol–water partition coefficient (Wildman–Crippen LogP) is -0.0192. The third kappa shape index (κ3) is 4.20. The quantitative estimate of drug-likeness (QED) is 0.583. The summed E-state index contributed by atoms with van der Waals surface area (Å²) in [6.07, 6.45) is 0. The second kappa shape index (κ2) is 7.73. The molecule has 0 bridgehead atoms. The van der Waals surface area contributed by atoms with Gasteiger partial charge in [0.2, 0.25) is 5.54 Å². The molecule has 1 unspecified atom stereocenters. The standard InChI is InChI=1S/C12H16N2O4.ClH/c1-17-10(15)12(14,8-13)11(16)18-7-9-5-3-2-4-6-9;/h2-6H,7-8,13-14H2,1H3;1H. The maximum absolute atomic E-state index is 11.7. The first-order valence-corrected chi connectivity index (χ1v) is 5.33. The summed E-state index contributed by atoms with van der Waals surface area (Å²) in [7, 11) is 1.13. The Kier molecular flexibility index (Phi) is 7.06. The van der Waals surface area contributed by atoms with Crippen LogP contribution in [-0.4, -0.2) is 31.1 Å². The van der Waals surface area contributed by atoms with E-state index >= 15 is 0 Å². The van der Waals surface area contributed by atoms with Crippen LogP contribution in [0.15, 0.2) is 30.3 Å². The molecule has 6 nitrogen and oxygen atoms in total. The molecule has 0 saturated heterocycles. The number of methoxy groups -OCH3 is 1. The highest BCUT2D eigenvalue weighted by Crippen LogP contribution is 2.08. The second-order valence-corrected chi connectivity index (χ2v) is 3.73. The molecule has 0 amide bonds. The molecule has 0 radical (unpaired) electrons. The van der Waals surface area contributed by atoms with E-state index in [0.29, 0.717) is 0 Å². The minimum absolute atomic E-state index is 0. The van der Waals surface area contributed by atoms with Crippen LogP contribution in [0.3, 0.4) is 0 Å². The summed E-state index contributed by atoms with van der Waals surface area (Å²) in [6, 6.07) is 9.02. The number of hydrogen-bond acceptors (Lipinski definition) is 6. The van der Waals surface area contributed by atoms with Gasteiger partial charge in [-0.25, -0.2) is 9.59 Å². The highest BCUT2D eigenvalue weighted by Gasteiger charge is 2.43. The summed E-state index contributed by atoms with van der Waals surface area (Å²) in [5.74, 6) is -1.82. The number of rotatable bonds is 5. The summed E-state index contributed by atoms with van der Waals surface area (Å²) in [5.41, 5.74) is 9.74. The van der Waals surface area contributed by atoms with Crippen molar-refractivity contribution in [3.63, 3.8) is 0 Å². The van der Waals surface area contributed by atoms with Gasteiger partial charge in [0.1, 0.15) is 6.61 Å². The second-order valence-electron chi connectivity index (χ2n) is 3.73. The lowest BCUT2D eigenvalue weighted by molar-refractivity contribution is -0.163. The van der Waals surface area contributed by atoms with Crippen molar-refractivity contribution in [3.8, 4) is 0 Å². The number of ether oxygens (including phenoxy) is 2. The fourth-order valence-electron chi connectivity index (χ4n) is 1.28. The first kappa shape index (κ1) is 17.4. The molecule has 7 heteroatoms. The van der Waals surface area contributed by atoms with E-state index in [1.165, 1.54) is 0 Å². The zero-order valence-corrected chi connectivity index (χ0v) is 11.3. The molecule has 1 rings (SSSR count). The summed E-state index contributed by atoms with van der Waals surface area (Å²) >= 11 is 0. The van der Waals surface area contributed by atoms with Gasteiger partial charge in [-0.2, -0.15) is 0 Å². The lowest BCUT2D eigenvalue weighted by Gasteiger charge is -2.22. The van der Waals surface area contributed by atoms with Gasteiger partial charge in [0.25, 0.3) is 0 Å². The third-order valence-electron chi connectivity index (χ3n) is 2.45. The average molecular weight is 289 g/mol. The largest absolute Gasteiger partial charge is 0.467 e. The molecular weight excluding hydrogens is 272 g/mol. The molecule has 0 heterocycles. The van der Waals surface area contributed by atoms with Crippen LogP contribution in [0.4, 0.5) is 0 Å². The van der Waals surface area contributed by atoms with Crippen molar-refractivity contribution in [2.45, 2.75) is 12.1 Å². The van der Waals surface area contributed by atoms with E-state index in [9.17, 15) is 9.59 Å². The van der Waals surface area contributed by atoms with E-state index in [-0.39, 0.29) is 25.6 Å². The minimum Gasteiger partial charge on any atom is -0.467 e. The van der Waals surface area contributed by atoms with Crippen molar-refractivity contribution in [2.75, 3.05) is 13.7 Å². The van der Waals surface area contributed by atoms with E-state index in [1.54, 1.807) is 12.1 Å². The SMILES string of the molecule is COC(=O)C(N)(CN)C(=O)OCc1ccccc1.Cl. The summed E-state index contributed by atoms with van der Waals surface area (Å²) in [5, 5.41) is 0. The van der Waals surface area contributed by atoms with Crippen LogP contribution in [0.2, 0.25) is 0 Å². The number of halogens is 1. The lowest BCUT2D eigenvalue weighted by atomic mass is 10.0. The Balaban J connectivity index is 0.00000324. The van der Waals surface area contributed by atoms with Crippen LogP contribution >= 0.6 is 12.4 Å². The number of benzene rings is 1. The molecule has 0 aromatic heterocycles. The van der Waals surface area contributed by atoms with E-state index in [1.807, 2.05) is 18.2 Å². The van der Waals surface area contributed by atoms with Crippen LogP contribution in [0.25, 0.3) is 0 Å². The van der Waals surface area contributed by atoms with E-state index < -0.39 is 17.5 Å². The monoisotopic (exact) mass is 288 g/mol. The predicted molar refractivity (Wildman–Crippen MR) is 71.5 cm³/mol. The Labute approximate surface area is 117 Å². The Morgan fingerprint density at radius 1 is 1.21 bits per heavy atom. The van der Waals surface area contributed by atoms with Crippen LogP contribution in [0.5, 0.6) is 0 Å². The molecule has 0 fully saturated rings. The van der Waals surface area contributed by atoms with Gasteiger partial charge >= 0.3 is 11.9 Å². The topological polar surface area (TPSA) is 105 Å². The summed E-state index contributed by atoms with van der Waals surface area (Å²) in [4.78, 5) is 23.1. The van der Waals surface area contributed by atoms with Crippen molar-refractivity contribution in [2.24, 2.45) is 11.5 Å². The molecule has 0 spiro atoms. The van der Waals surface area contributed by atoms with Gasteiger partial charge in [0.15, 0.2) is 0 Å². The maximum Gasteiger partial charge on any atom is 0.339 e. The molecule has 0 saturated carbocycles. The van der Waals surface area contributed by atoms with Crippen molar-refractivity contribution >= 4 is 24.3 Å². The highest BCUT2D eigenvalue weighted by atomic mass is 35.5. The summed E-state index contributed by atoms with van der Waals surface area (Å²) in [6.45, 7) is -0.358. The number of esters is 2. The van der Waals surface area contributed by atoms with Crippen LogP contribution in [0, 0.1) is 0 Å². The van der Waals surface area contributed by atoms with Gasteiger partial charge in [-0.05, 0) is 5.56 Å². The Bertz CT molecular complexity index is 427. The average Bonchev–Trinajstić information content (AvgIpc) is 2.43. The molecule has 1 aromatic rings. The van der Waals surface area contributed by atoms with Gasteiger partial charge in [-0.1, -0.05) is 30.3 Å². The van der Waals surface area contributed by atoms with Gasteiger partial charge in [-0.15, -0.1) is 12.4 Å². The highest BCUT2D eigenvalue weighted by molar-refractivity contribution is 6.05. The normalized spacial score (nSPS) is 12.8. The zero-order chi connectivity index (χ0) is 13.6. The Morgan fingerprint density at radius 3 is 2.26 bits per heavy atom. The molecular formula is C12H17ClN2O4. The minimum atomic E-state index is -1.95. The fourth-order valence-corrected chi connectivity index (χ4v) is 1.28. The Hall–Kier alpha value is -1.63. The summed E-state index contributed by atoms with van der Waals surface area (Å²) < 4.78 is 9.40. The molecule has 0 aliphatic carbocycles. The van der Waals surface area contributed by atoms with Gasteiger partial charge in [0, 0.05) is 6.54 Å². The molecule has 1 atom stereocenters. The third-order valence-corrected chi connectivity index (χ3v) is 2.45. The van der Waals surface area contributed by atoms with Crippen LogP contribution < -0.4 is 11.5 Å². The Morgan fingerprint density at radius 2 is 1.79 bits per heavy atom. The lowest BCUT2D eigenvalue weighted by Crippen LogP contribution is -2.61. The maximum atomic E-state index is 11.7.